The smallest absolute Gasteiger partial charge is 0.233 e. The maximum Gasteiger partial charge on any atom is 0.233 e. The molecule has 2 N–H and O–H groups in total. The number of sulfonamides is 1. The fraction of sp³-hybridized carbons (Fsp3) is 0.615. The van der Waals surface area contributed by atoms with Gasteiger partial charge in [0.05, 0.1) is 5.75 Å². The second kappa shape index (κ2) is 6.87. The first-order valence-corrected chi connectivity index (χ1v) is 9.27. The summed E-state index contributed by atoms with van der Waals surface area (Å²) in [5.41, 5.74) is 0.804. The van der Waals surface area contributed by atoms with E-state index in [9.17, 15) is 8.42 Å². The van der Waals surface area contributed by atoms with Gasteiger partial charge in [-0.2, -0.15) is 0 Å². The van der Waals surface area contributed by atoms with Gasteiger partial charge in [0.1, 0.15) is 5.82 Å². The molecule has 0 bridgehead atoms. The van der Waals surface area contributed by atoms with Gasteiger partial charge in [-0.3, -0.25) is 4.72 Å². The van der Waals surface area contributed by atoms with Crippen LogP contribution in [0.15, 0.2) is 16.7 Å². The van der Waals surface area contributed by atoms with Crippen LogP contribution in [-0.4, -0.2) is 31.7 Å². The van der Waals surface area contributed by atoms with E-state index in [0.717, 1.165) is 23.0 Å². The van der Waals surface area contributed by atoms with Gasteiger partial charge in [0.15, 0.2) is 0 Å². The number of nitrogens with zero attached hydrogens (tertiary/aromatic N) is 1. The first-order chi connectivity index (χ1) is 9.46. The van der Waals surface area contributed by atoms with Crippen LogP contribution in [0.2, 0.25) is 0 Å². The standard InChI is InChI=1S/C13H20BrN3O2S/c1-10-8-11(14)9-16-13(10)17-20(18,19)7-3-2-6-15-12-4-5-12/h8-9,12,15H,2-7H2,1H3,(H,16,17). The van der Waals surface area contributed by atoms with E-state index in [2.05, 4.69) is 31.0 Å². The van der Waals surface area contributed by atoms with Gasteiger partial charge in [-0.25, -0.2) is 13.4 Å². The number of rotatable bonds is 8. The lowest BCUT2D eigenvalue weighted by molar-refractivity contribution is 0.590. The molecule has 1 aliphatic carbocycles. The van der Waals surface area contributed by atoms with E-state index in [1.165, 1.54) is 12.8 Å². The van der Waals surface area contributed by atoms with E-state index in [1.807, 2.05) is 13.0 Å². The van der Waals surface area contributed by atoms with Crippen molar-refractivity contribution in [3.8, 4) is 0 Å². The average molecular weight is 362 g/mol. The highest BCUT2D eigenvalue weighted by Gasteiger charge is 2.19. The number of aromatic nitrogens is 1. The summed E-state index contributed by atoms with van der Waals surface area (Å²) in [5, 5.41) is 3.38. The lowest BCUT2D eigenvalue weighted by Gasteiger charge is -2.09. The highest BCUT2D eigenvalue weighted by molar-refractivity contribution is 9.10. The Morgan fingerprint density at radius 3 is 2.80 bits per heavy atom. The van der Waals surface area contributed by atoms with Crippen LogP contribution < -0.4 is 10.0 Å². The van der Waals surface area contributed by atoms with Crippen LogP contribution in [0, 0.1) is 6.92 Å². The minimum Gasteiger partial charge on any atom is -0.314 e. The fourth-order valence-electron chi connectivity index (χ4n) is 1.86. The van der Waals surface area contributed by atoms with Crippen molar-refractivity contribution in [2.45, 2.75) is 38.6 Å². The summed E-state index contributed by atoms with van der Waals surface area (Å²) in [6.45, 7) is 2.73. The van der Waals surface area contributed by atoms with Gasteiger partial charge in [0, 0.05) is 16.7 Å². The van der Waals surface area contributed by atoms with Crippen LogP contribution in [0.25, 0.3) is 0 Å². The van der Waals surface area contributed by atoms with Crippen molar-refractivity contribution in [3.63, 3.8) is 0 Å². The first kappa shape index (κ1) is 15.7. The van der Waals surface area contributed by atoms with Gasteiger partial charge in [-0.1, -0.05) is 0 Å². The van der Waals surface area contributed by atoms with E-state index in [0.29, 0.717) is 18.3 Å². The van der Waals surface area contributed by atoms with E-state index < -0.39 is 10.0 Å². The minimum absolute atomic E-state index is 0.135. The largest absolute Gasteiger partial charge is 0.314 e. The Balaban J connectivity index is 1.77. The van der Waals surface area contributed by atoms with E-state index in [1.54, 1.807) is 6.20 Å². The van der Waals surface area contributed by atoms with Crippen molar-refractivity contribution in [2.75, 3.05) is 17.0 Å². The molecule has 0 radical (unpaired) electrons. The van der Waals surface area contributed by atoms with Crippen molar-refractivity contribution < 1.29 is 8.42 Å². The monoisotopic (exact) mass is 361 g/mol. The quantitative estimate of drug-likeness (QED) is 0.697. The van der Waals surface area contributed by atoms with Crippen molar-refractivity contribution in [3.05, 3.63) is 22.3 Å². The van der Waals surface area contributed by atoms with Crippen LogP contribution in [0.3, 0.4) is 0 Å². The van der Waals surface area contributed by atoms with Crippen LogP contribution in [0.1, 0.15) is 31.2 Å². The Kier molecular flexibility index (Phi) is 5.40. The average Bonchev–Trinajstić information content (AvgIpc) is 3.16. The molecule has 0 spiro atoms. The maximum absolute atomic E-state index is 12.0. The molecule has 0 aromatic carbocycles. The summed E-state index contributed by atoms with van der Waals surface area (Å²) in [5.74, 6) is 0.542. The molecule has 1 heterocycles. The maximum atomic E-state index is 12.0. The lowest BCUT2D eigenvalue weighted by Crippen LogP contribution is -2.21. The molecule has 1 aromatic rings. The summed E-state index contributed by atoms with van der Waals surface area (Å²) >= 11 is 3.31. The van der Waals surface area contributed by atoms with Gasteiger partial charge < -0.3 is 5.32 Å². The highest BCUT2D eigenvalue weighted by atomic mass is 79.9. The third kappa shape index (κ3) is 5.38. The second-order valence-electron chi connectivity index (χ2n) is 5.18. The topological polar surface area (TPSA) is 71.1 Å². The van der Waals surface area contributed by atoms with E-state index in [-0.39, 0.29) is 5.75 Å². The second-order valence-corrected chi connectivity index (χ2v) is 7.93. The first-order valence-electron chi connectivity index (χ1n) is 6.82. The Hall–Kier alpha value is -0.660. The number of unbranched alkanes of at least 4 members (excludes halogenated alkanes) is 1. The van der Waals surface area contributed by atoms with Gasteiger partial charge in [-0.15, -0.1) is 0 Å². The summed E-state index contributed by atoms with van der Waals surface area (Å²) in [6.07, 6.45) is 5.64. The molecule has 1 aromatic heterocycles. The summed E-state index contributed by atoms with van der Waals surface area (Å²) in [7, 11) is -3.31. The van der Waals surface area contributed by atoms with Crippen LogP contribution in [-0.2, 0) is 10.0 Å². The summed E-state index contributed by atoms with van der Waals surface area (Å²) in [6, 6.07) is 2.52. The summed E-state index contributed by atoms with van der Waals surface area (Å²) in [4.78, 5) is 4.09. The number of pyridine rings is 1. The molecule has 112 valence electrons. The normalized spacial score (nSPS) is 15.3. The highest BCUT2D eigenvalue weighted by Crippen LogP contribution is 2.19. The van der Waals surface area contributed by atoms with Crippen LogP contribution >= 0.6 is 15.9 Å². The Morgan fingerprint density at radius 2 is 2.15 bits per heavy atom. The third-order valence-electron chi connectivity index (χ3n) is 3.15. The number of hydrogen-bond donors (Lipinski definition) is 2. The molecule has 7 heteroatoms. The molecule has 5 nitrogen and oxygen atoms in total. The van der Waals surface area contributed by atoms with Gasteiger partial charge >= 0.3 is 0 Å². The molecule has 2 rings (SSSR count). The molecule has 0 unspecified atom stereocenters. The fourth-order valence-corrected chi connectivity index (χ4v) is 3.50. The van der Waals surface area contributed by atoms with Crippen LogP contribution in [0.5, 0.6) is 0 Å². The minimum atomic E-state index is -3.31. The molecule has 0 amide bonds. The Morgan fingerprint density at radius 1 is 1.40 bits per heavy atom. The van der Waals surface area contributed by atoms with Gasteiger partial charge in [0.2, 0.25) is 10.0 Å². The molecular weight excluding hydrogens is 342 g/mol. The van der Waals surface area contributed by atoms with Gasteiger partial charge in [-0.05, 0) is 66.7 Å². The Labute approximate surface area is 128 Å². The number of aryl methyl sites for hydroxylation is 1. The molecule has 1 saturated carbocycles. The van der Waals surface area contributed by atoms with E-state index in [4.69, 9.17) is 0 Å². The van der Waals surface area contributed by atoms with E-state index >= 15 is 0 Å². The number of halogens is 1. The molecular formula is C13H20BrN3O2S. The summed E-state index contributed by atoms with van der Waals surface area (Å²) < 4.78 is 27.3. The lowest BCUT2D eigenvalue weighted by atomic mass is 10.3. The zero-order chi connectivity index (χ0) is 14.6. The zero-order valence-corrected chi connectivity index (χ0v) is 13.9. The van der Waals surface area contributed by atoms with Crippen LogP contribution in [0.4, 0.5) is 5.82 Å². The molecule has 1 fully saturated rings. The number of nitrogens with one attached hydrogen (secondary N) is 2. The predicted octanol–water partition coefficient (Wildman–Crippen LogP) is 2.43. The molecule has 0 saturated heterocycles. The van der Waals surface area contributed by atoms with Crippen molar-refractivity contribution in [2.24, 2.45) is 0 Å². The van der Waals surface area contributed by atoms with Crippen molar-refractivity contribution >= 4 is 31.8 Å². The third-order valence-corrected chi connectivity index (χ3v) is 4.91. The Bertz CT molecular complexity index is 559. The van der Waals surface area contributed by atoms with Crippen molar-refractivity contribution in [1.82, 2.24) is 10.3 Å². The molecule has 0 atom stereocenters. The predicted molar refractivity (Wildman–Crippen MR) is 84.3 cm³/mol. The molecule has 20 heavy (non-hydrogen) atoms. The van der Waals surface area contributed by atoms with Gasteiger partial charge in [0.25, 0.3) is 0 Å². The number of hydrogen-bond acceptors (Lipinski definition) is 4. The van der Waals surface area contributed by atoms with Crippen molar-refractivity contribution in [1.29, 1.82) is 0 Å². The zero-order valence-electron chi connectivity index (χ0n) is 11.5. The molecule has 1 aliphatic rings. The SMILES string of the molecule is Cc1cc(Br)cnc1NS(=O)(=O)CCCCNC1CC1. The number of anilines is 1. The molecule has 0 aliphatic heterocycles.